The maximum atomic E-state index is 13.6. The van der Waals surface area contributed by atoms with Crippen LogP contribution in [0.25, 0.3) is 16.8 Å². The van der Waals surface area contributed by atoms with E-state index in [1.807, 2.05) is 0 Å². The van der Waals surface area contributed by atoms with Crippen LogP contribution in [0, 0.1) is 17.8 Å². The SMILES string of the molecule is CN=C/C(=C\N)n1cc(-c2cc(C(F)(F)F)ccc2OC)c(C(=O)Nc2nnc(C#CC3CC3)s2)cc1=O. The van der Waals surface area contributed by atoms with Gasteiger partial charge in [-0.3, -0.25) is 24.5 Å². The molecule has 1 aromatic carbocycles. The minimum atomic E-state index is -4.67. The Bertz CT molecular complexity index is 1560. The molecule has 9 nitrogen and oxygen atoms in total. The molecular weight excluding hydrogens is 521 g/mol. The van der Waals surface area contributed by atoms with E-state index in [9.17, 15) is 22.8 Å². The summed E-state index contributed by atoms with van der Waals surface area (Å²) in [4.78, 5) is 30.1. The first-order chi connectivity index (χ1) is 18.1. The summed E-state index contributed by atoms with van der Waals surface area (Å²) in [6.45, 7) is 0. The Morgan fingerprint density at radius 3 is 2.68 bits per heavy atom. The number of ether oxygens (including phenoxy) is 1. The van der Waals surface area contributed by atoms with Crippen LogP contribution in [0.4, 0.5) is 18.3 Å². The number of aromatic nitrogens is 3. The van der Waals surface area contributed by atoms with Crippen molar-refractivity contribution in [2.24, 2.45) is 16.6 Å². The normalized spacial score (nSPS) is 13.8. The number of amides is 1. The van der Waals surface area contributed by atoms with Crippen molar-refractivity contribution in [2.75, 3.05) is 19.5 Å². The first-order valence-electron chi connectivity index (χ1n) is 11.2. The number of aliphatic imine (C=N–C) groups is 1. The molecule has 0 bridgehead atoms. The molecule has 1 saturated carbocycles. The number of rotatable bonds is 6. The predicted molar refractivity (Wildman–Crippen MR) is 138 cm³/mol. The lowest BCUT2D eigenvalue weighted by atomic mass is 9.98. The van der Waals surface area contributed by atoms with E-state index in [0.717, 1.165) is 59.2 Å². The molecule has 2 heterocycles. The van der Waals surface area contributed by atoms with Crippen LogP contribution in [0.5, 0.6) is 5.75 Å². The van der Waals surface area contributed by atoms with Gasteiger partial charge in [0.1, 0.15) is 5.75 Å². The van der Waals surface area contributed by atoms with E-state index < -0.39 is 23.2 Å². The Morgan fingerprint density at radius 2 is 2.05 bits per heavy atom. The number of hydrogen-bond donors (Lipinski definition) is 2. The van der Waals surface area contributed by atoms with Gasteiger partial charge in [-0.25, -0.2) is 0 Å². The van der Waals surface area contributed by atoms with Gasteiger partial charge in [-0.2, -0.15) is 13.2 Å². The second kappa shape index (κ2) is 10.9. The molecule has 2 aromatic heterocycles. The summed E-state index contributed by atoms with van der Waals surface area (Å²) in [7, 11) is 2.74. The van der Waals surface area contributed by atoms with Crippen LogP contribution in [0.2, 0.25) is 0 Å². The van der Waals surface area contributed by atoms with E-state index in [4.69, 9.17) is 10.5 Å². The molecular formula is C25H21F3N6O3S. The van der Waals surface area contributed by atoms with Crippen molar-refractivity contribution >= 4 is 34.3 Å². The van der Waals surface area contributed by atoms with E-state index in [2.05, 4.69) is 32.3 Å². The number of nitrogens with zero attached hydrogens (tertiary/aromatic N) is 4. The van der Waals surface area contributed by atoms with Crippen LogP contribution in [0.3, 0.4) is 0 Å². The molecule has 0 unspecified atom stereocenters. The third-order valence-electron chi connectivity index (χ3n) is 5.43. The third-order valence-corrected chi connectivity index (χ3v) is 6.19. The molecule has 4 rings (SSSR count). The number of anilines is 1. The molecule has 1 aliphatic rings. The molecule has 0 spiro atoms. The molecule has 1 aliphatic carbocycles. The summed E-state index contributed by atoms with van der Waals surface area (Å²) in [6.07, 6.45) is 1.01. The van der Waals surface area contributed by atoms with Crippen LogP contribution in [0.15, 0.2) is 46.4 Å². The molecule has 3 aromatic rings. The summed E-state index contributed by atoms with van der Waals surface area (Å²) in [5.41, 5.74) is 3.84. The van der Waals surface area contributed by atoms with Gasteiger partial charge in [0.25, 0.3) is 11.5 Å². The zero-order valence-electron chi connectivity index (χ0n) is 20.2. The molecule has 196 valence electrons. The lowest BCUT2D eigenvalue weighted by Gasteiger charge is -2.17. The molecule has 0 atom stereocenters. The largest absolute Gasteiger partial charge is 0.496 e. The van der Waals surface area contributed by atoms with Gasteiger partial charge in [-0.1, -0.05) is 17.3 Å². The van der Waals surface area contributed by atoms with Crippen molar-refractivity contribution in [3.05, 3.63) is 63.2 Å². The molecule has 0 saturated heterocycles. The standard InChI is InChI=1S/C25H21F3N6O3S/c1-30-12-16(11-29)34-13-19(17-9-15(25(26,27)28)6-7-20(17)37-2)18(10-22(34)35)23(36)31-24-33-32-21(38-24)8-5-14-3-4-14/h6-7,9-14H,3-4,29H2,1-2H3,(H,31,33,36)/b16-11+,30-12?. The molecule has 13 heteroatoms. The number of benzene rings is 1. The average molecular weight is 543 g/mol. The fourth-order valence-corrected chi connectivity index (χ4v) is 4.03. The van der Waals surface area contributed by atoms with Crippen LogP contribution in [0.1, 0.15) is 33.8 Å². The van der Waals surface area contributed by atoms with E-state index in [1.165, 1.54) is 26.6 Å². The van der Waals surface area contributed by atoms with Crippen molar-refractivity contribution < 1.29 is 22.7 Å². The maximum absolute atomic E-state index is 13.6. The number of methoxy groups -OCH3 is 1. The fourth-order valence-electron chi connectivity index (χ4n) is 3.43. The predicted octanol–water partition coefficient (Wildman–Crippen LogP) is 3.87. The first-order valence-corrected chi connectivity index (χ1v) is 12.0. The van der Waals surface area contributed by atoms with Crippen molar-refractivity contribution in [1.29, 1.82) is 0 Å². The van der Waals surface area contributed by atoms with Gasteiger partial charge in [-0.05, 0) is 37.0 Å². The maximum Gasteiger partial charge on any atom is 0.416 e. The summed E-state index contributed by atoms with van der Waals surface area (Å²) < 4.78 is 47.1. The van der Waals surface area contributed by atoms with Gasteiger partial charge in [0, 0.05) is 48.8 Å². The summed E-state index contributed by atoms with van der Waals surface area (Å²) in [5.74, 6) is 5.55. The second-order valence-electron chi connectivity index (χ2n) is 8.11. The van der Waals surface area contributed by atoms with Crippen molar-refractivity contribution in [3.63, 3.8) is 0 Å². The van der Waals surface area contributed by atoms with Gasteiger partial charge < -0.3 is 10.5 Å². The highest BCUT2D eigenvalue weighted by atomic mass is 32.1. The lowest BCUT2D eigenvalue weighted by Crippen LogP contribution is -2.24. The van der Waals surface area contributed by atoms with Crippen molar-refractivity contribution in [1.82, 2.24) is 14.8 Å². The molecule has 1 amide bonds. The van der Waals surface area contributed by atoms with Gasteiger partial charge in [-0.15, -0.1) is 10.2 Å². The highest BCUT2D eigenvalue weighted by Crippen LogP contribution is 2.38. The number of halogens is 3. The van der Waals surface area contributed by atoms with Gasteiger partial charge in [0.05, 0.1) is 23.9 Å². The number of allylic oxidation sites excluding steroid dienone is 1. The van der Waals surface area contributed by atoms with Crippen molar-refractivity contribution in [3.8, 4) is 28.7 Å². The van der Waals surface area contributed by atoms with E-state index in [-0.39, 0.29) is 33.3 Å². The fraction of sp³-hybridized carbons (Fsp3) is 0.240. The quantitative estimate of drug-likeness (QED) is 0.360. The number of carbonyl (C=O) groups is 1. The Labute approximate surface area is 218 Å². The monoisotopic (exact) mass is 542 g/mol. The number of hydrogen-bond acceptors (Lipinski definition) is 8. The highest BCUT2D eigenvalue weighted by Gasteiger charge is 2.32. The van der Waals surface area contributed by atoms with Crippen LogP contribution < -0.4 is 21.3 Å². The number of pyridine rings is 1. The van der Waals surface area contributed by atoms with Crippen molar-refractivity contribution in [2.45, 2.75) is 19.0 Å². The zero-order valence-corrected chi connectivity index (χ0v) is 21.0. The van der Waals surface area contributed by atoms with Crippen LogP contribution in [-0.4, -0.2) is 41.0 Å². The minimum absolute atomic E-state index is 0.0211. The Morgan fingerprint density at radius 1 is 1.29 bits per heavy atom. The Kier molecular flexibility index (Phi) is 7.63. The number of alkyl halides is 3. The van der Waals surface area contributed by atoms with Gasteiger partial charge >= 0.3 is 6.18 Å². The number of carbonyl (C=O) groups excluding carboxylic acids is 1. The van der Waals surface area contributed by atoms with Gasteiger partial charge in [0.15, 0.2) is 5.01 Å². The highest BCUT2D eigenvalue weighted by molar-refractivity contribution is 7.15. The first kappa shape index (κ1) is 26.6. The number of nitrogens with one attached hydrogen (secondary N) is 1. The van der Waals surface area contributed by atoms with Gasteiger partial charge in [0.2, 0.25) is 5.13 Å². The molecule has 0 radical (unpaired) electrons. The lowest BCUT2D eigenvalue weighted by molar-refractivity contribution is -0.137. The number of nitrogens with two attached hydrogens (primary N) is 1. The molecule has 0 aliphatic heterocycles. The second-order valence-corrected chi connectivity index (χ2v) is 9.09. The molecule has 1 fully saturated rings. The van der Waals surface area contributed by atoms with E-state index >= 15 is 0 Å². The summed E-state index contributed by atoms with van der Waals surface area (Å²) in [5, 5.41) is 10.9. The van der Waals surface area contributed by atoms with Crippen LogP contribution in [-0.2, 0) is 6.18 Å². The summed E-state index contributed by atoms with van der Waals surface area (Å²) in [6, 6.07) is 3.83. The van der Waals surface area contributed by atoms with E-state index in [0.29, 0.717) is 10.9 Å². The Hall–Kier alpha value is -4.44. The van der Waals surface area contributed by atoms with E-state index in [1.54, 1.807) is 0 Å². The topological polar surface area (TPSA) is 124 Å². The average Bonchev–Trinajstić information content (AvgIpc) is 3.62. The zero-order chi connectivity index (χ0) is 27.4. The Balaban J connectivity index is 1.84. The minimum Gasteiger partial charge on any atom is -0.496 e. The molecule has 38 heavy (non-hydrogen) atoms. The third kappa shape index (κ3) is 5.92. The molecule has 3 N–H and O–H groups in total. The smallest absolute Gasteiger partial charge is 0.416 e. The van der Waals surface area contributed by atoms with Crippen LogP contribution >= 0.6 is 11.3 Å². The summed E-state index contributed by atoms with van der Waals surface area (Å²) >= 11 is 1.04.